The molecule has 1 aliphatic heterocycles. The minimum Gasteiger partial charge on any atom is -0.340 e. The maximum Gasteiger partial charge on any atom is 0.246 e. The molecule has 0 spiro atoms. The zero-order valence-corrected chi connectivity index (χ0v) is 15.9. The minimum atomic E-state index is -4.03. The molecule has 1 amide bonds. The molecule has 1 aromatic carbocycles. The number of carbonyl (C=O) groups is 1. The molecule has 0 atom stereocenters. The Balaban J connectivity index is 1.88. The van der Waals surface area contributed by atoms with Crippen molar-refractivity contribution in [3.05, 3.63) is 29.8 Å². The fourth-order valence-corrected chi connectivity index (χ4v) is 4.51. The van der Waals surface area contributed by atoms with Gasteiger partial charge in [0.25, 0.3) is 0 Å². The van der Waals surface area contributed by atoms with Crippen LogP contribution in [0, 0.1) is 11.6 Å². The van der Waals surface area contributed by atoms with Crippen molar-refractivity contribution in [3.63, 3.8) is 0 Å². The van der Waals surface area contributed by atoms with Crippen LogP contribution in [0.4, 0.5) is 8.78 Å². The van der Waals surface area contributed by atoms with Crippen LogP contribution in [-0.2, 0) is 14.8 Å². The molecular formula is C18H26F2N2O3S. The van der Waals surface area contributed by atoms with Crippen molar-refractivity contribution in [3.8, 4) is 0 Å². The Hall–Kier alpha value is -1.54. The van der Waals surface area contributed by atoms with Crippen LogP contribution in [0.2, 0.25) is 0 Å². The average Bonchev–Trinajstić information content (AvgIpc) is 2.61. The highest BCUT2D eigenvalue weighted by molar-refractivity contribution is 7.89. The third kappa shape index (κ3) is 5.23. The van der Waals surface area contributed by atoms with E-state index in [0.29, 0.717) is 12.5 Å². The Kier molecular flexibility index (Phi) is 7.52. The molecule has 8 heteroatoms. The topological polar surface area (TPSA) is 57.7 Å². The average molecular weight is 388 g/mol. The van der Waals surface area contributed by atoms with Crippen LogP contribution in [0.5, 0.6) is 0 Å². The van der Waals surface area contributed by atoms with Gasteiger partial charge in [-0.05, 0) is 18.6 Å². The number of rotatable bonds is 8. The van der Waals surface area contributed by atoms with Crippen molar-refractivity contribution >= 4 is 15.9 Å². The molecule has 1 saturated heterocycles. The van der Waals surface area contributed by atoms with Crippen LogP contribution in [0.1, 0.15) is 45.4 Å². The summed E-state index contributed by atoms with van der Waals surface area (Å²) in [4.78, 5) is 13.3. The molecule has 1 aliphatic rings. The summed E-state index contributed by atoms with van der Waals surface area (Å²) in [6, 6.07) is 2.42. The molecule has 0 unspecified atom stereocenters. The molecule has 5 nitrogen and oxygen atoms in total. The van der Waals surface area contributed by atoms with E-state index in [1.54, 1.807) is 4.90 Å². The van der Waals surface area contributed by atoms with E-state index in [4.69, 9.17) is 0 Å². The van der Waals surface area contributed by atoms with Crippen LogP contribution in [0.15, 0.2) is 23.1 Å². The number of halogens is 2. The summed E-state index contributed by atoms with van der Waals surface area (Å²) in [5.74, 6) is -1.89. The van der Waals surface area contributed by atoms with Gasteiger partial charge < -0.3 is 4.90 Å². The fraction of sp³-hybridized carbons (Fsp3) is 0.611. The zero-order valence-electron chi connectivity index (χ0n) is 15.1. The van der Waals surface area contributed by atoms with Gasteiger partial charge in [0.1, 0.15) is 16.5 Å². The number of benzene rings is 1. The first kappa shape index (κ1) is 20.8. The molecule has 0 saturated carbocycles. The van der Waals surface area contributed by atoms with Crippen molar-refractivity contribution < 1.29 is 22.0 Å². The summed E-state index contributed by atoms with van der Waals surface area (Å²) in [5, 5.41) is 0. The van der Waals surface area contributed by atoms with E-state index in [-0.39, 0.29) is 32.1 Å². The number of nitrogens with zero attached hydrogens (tertiary/aromatic N) is 2. The quantitative estimate of drug-likeness (QED) is 0.643. The zero-order chi connectivity index (χ0) is 19.2. The Labute approximate surface area is 154 Å². The van der Waals surface area contributed by atoms with Gasteiger partial charge in [0, 0.05) is 38.7 Å². The lowest BCUT2D eigenvalue weighted by molar-refractivity contribution is -0.132. The number of piperazine rings is 1. The summed E-state index contributed by atoms with van der Waals surface area (Å²) in [6.07, 6.45) is 5.79. The van der Waals surface area contributed by atoms with Crippen LogP contribution < -0.4 is 0 Å². The van der Waals surface area contributed by atoms with E-state index in [9.17, 15) is 22.0 Å². The highest BCUT2D eigenvalue weighted by Gasteiger charge is 2.31. The maximum atomic E-state index is 13.8. The van der Waals surface area contributed by atoms with Crippen molar-refractivity contribution in [2.45, 2.75) is 50.3 Å². The number of sulfonamides is 1. The van der Waals surface area contributed by atoms with Gasteiger partial charge in [-0.3, -0.25) is 4.79 Å². The van der Waals surface area contributed by atoms with Crippen molar-refractivity contribution in [2.75, 3.05) is 26.2 Å². The molecule has 146 valence electrons. The Morgan fingerprint density at radius 1 is 1.04 bits per heavy atom. The van der Waals surface area contributed by atoms with Gasteiger partial charge in [-0.2, -0.15) is 4.31 Å². The van der Waals surface area contributed by atoms with Gasteiger partial charge in [-0.1, -0.05) is 32.6 Å². The second kappa shape index (κ2) is 9.41. The lowest BCUT2D eigenvalue weighted by atomic mass is 10.1. The molecule has 1 heterocycles. The standard InChI is InChI=1S/C18H26F2N2O3S/c1-2-3-4-5-6-7-18(23)21-10-12-22(13-11-21)26(24,25)17-9-8-15(19)14-16(17)20/h8-9,14H,2-7,10-13H2,1H3. The number of hydrogen-bond acceptors (Lipinski definition) is 3. The lowest BCUT2D eigenvalue weighted by Gasteiger charge is -2.34. The number of hydrogen-bond donors (Lipinski definition) is 0. The molecule has 0 radical (unpaired) electrons. The molecule has 2 rings (SSSR count). The van der Waals surface area contributed by atoms with Crippen molar-refractivity contribution in [1.29, 1.82) is 0 Å². The van der Waals surface area contributed by atoms with E-state index in [1.807, 2.05) is 0 Å². The third-order valence-corrected chi connectivity index (χ3v) is 6.53. The first-order chi connectivity index (χ1) is 12.4. The van der Waals surface area contributed by atoms with Crippen LogP contribution in [0.3, 0.4) is 0 Å². The first-order valence-electron chi connectivity index (χ1n) is 9.09. The summed E-state index contributed by atoms with van der Waals surface area (Å²) in [6.45, 7) is 2.93. The maximum absolute atomic E-state index is 13.8. The van der Waals surface area contributed by atoms with E-state index >= 15 is 0 Å². The summed E-state index contributed by atoms with van der Waals surface area (Å²) in [7, 11) is -4.03. The molecular weight excluding hydrogens is 362 g/mol. The highest BCUT2D eigenvalue weighted by Crippen LogP contribution is 2.21. The van der Waals surface area contributed by atoms with Gasteiger partial charge >= 0.3 is 0 Å². The van der Waals surface area contributed by atoms with E-state index in [2.05, 4.69) is 6.92 Å². The fourth-order valence-electron chi connectivity index (χ4n) is 3.04. The SMILES string of the molecule is CCCCCCCC(=O)N1CCN(S(=O)(=O)c2ccc(F)cc2F)CC1. The smallest absolute Gasteiger partial charge is 0.246 e. The third-order valence-electron chi connectivity index (χ3n) is 4.60. The summed E-state index contributed by atoms with van der Waals surface area (Å²) in [5.41, 5.74) is 0. The molecule has 0 aromatic heterocycles. The Morgan fingerprint density at radius 2 is 1.69 bits per heavy atom. The molecule has 0 aliphatic carbocycles. The molecule has 26 heavy (non-hydrogen) atoms. The van der Waals surface area contributed by atoms with Gasteiger partial charge in [-0.25, -0.2) is 17.2 Å². The predicted molar refractivity (Wildman–Crippen MR) is 95.1 cm³/mol. The number of unbranched alkanes of at least 4 members (excludes halogenated alkanes) is 4. The molecule has 1 aromatic rings. The van der Waals surface area contributed by atoms with E-state index in [1.165, 1.54) is 6.42 Å². The number of carbonyl (C=O) groups excluding carboxylic acids is 1. The van der Waals surface area contributed by atoms with Crippen LogP contribution in [0.25, 0.3) is 0 Å². The van der Waals surface area contributed by atoms with E-state index < -0.39 is 26.6 Å². The van der Waals surface area contributed by atoms with Gasteiger partial charge in [0.05, 0.1) is 0 Å². The lowest BCUT2D eigenvalue weighted by Crippen LogP contribution is -2.50. The second-order valence-corrected chi connectivity index (χ2v) is 8.43. The van der Waals surface area contributed by atoms with Crippen molar-refractivity contribution in [2.24, 2.45) is 0 Å². The van der Waals surface area contributed by atoms with Gasteiger partial charge in [0.2, 0.25) is 15.9 Å². The molecule has 0 bridgehead atoms. The Bertz CT molecular complexity index is 717. The highest BCUT2D eigenvalue weighted by atomic mass is 32.2. The van der Waals surface area contributed by atoms with E-state index in [0.717, 1.165) is 42.1 Å². The van der Waals surface area contributed by atoms with Crippen LogP contribution >= 0.6 is 0 Å². The predicted octanol–water partition coefficient (Wildman–Crippen LogP) is 3.16. The number of amides is 1. The minimum absolute atomic E-state index is 0.0338. The van der Waals surface area contributed by atoms with Crippen LogP contribution in [-0.4, -0.2) is 49.7 Å². The summed E-state index contributed by atoms with van der Waals surface area (Å²) < 4.78 is 53.0. The monoisotopic (exact) mass is 388 g/mol. The summed E-state index contributed by atoms with van der Waals surface area (Å²) >= 11 is 0. The molecule has 1 fully saturated rings. The van der Waals surface area contributed by atoms with Gasteiger partial charge in [0.15, 0.2) is 0 Å². The Morgan fingerprint density at radius 3 is 2.31 bits per heavy atom. The second-order valence-electron chi connectivity index (χ2n) is 6.52. The first-order valence-corrected chi connectivity index (χ1v) is 10.5. The normalized spacial score (nSPS) is 16.0. The van der Waals surface area contributed by atoms with Crippen molar-refractivity contribution in [1.82, 2.24) is 9.21 Å². The molecule has 0 N–H and O–H groups in total. The van der Waals surface area contributed by atoms with Gasteiger partial charge in [-0.15, -0.1) is 0 Å². The largest absolute Gasteiger partial charge is 0.340 e.